The van der Waals surface area contributed by atoms with Crippen LogP contribution in [0.4, 0.5) is 0 Å². The molecule has 134 valence electrons. The number of hydrogen-bond donors (Lipinski definition) is 2. The molecule has 0 saturated heterocycles. The van der Waals surface area contributed by atoms with Crippen molar-refractivity contribution >= 4 is 34.2 Å². The molecule has 0 aliphatic heterocycles. The standard InChI is InChI=1S/C19H27BrN2O.ClH/c20-15-6-4-5-14(13-15)19(11-2-1-3-12-19)18(23)22-17-9-7-16(21)8-10-17;/h4-6,13,16-17H,1-3,7-12,21H2,(H,22,23);1H. The molecule has 1 aromatic rings. The highest BCUT2D eigenvalue weighted by atomic mass is 79.9. The second-order valence-electron chi connectivity index (χ2n) is 7.24. The van der Waals surface area contributed by atoms with Crippen LogP contribution < -0.4 is 11.1 Å². The Morgan fingerprint density at radius 2 is 1.79 bits per heavy atom. The molecule has 24 heavy (non-hydrogen) atoms. The van der Waals surface area contributed by atoms with Crippen LogP contribution in [0.25, 0.3) is 0 Å². The van der Waals surface area contributed by atoms with Crippen LogP contribution in [0.3, 0.4) is 0 Å². The molecule has 0 bridgehead atoms. The lowest BCUT2D eigenvalue weighted by molar-refractivity contribution is -0.129. The van der Waals surface area contributed by atoms with Crippen LogP contribution in [0.1, 0.15) is 63.4 Å². The van der Waals surface area contributed by atoms with Gasteiger partial charge in [-0.15, -0.1) is 12.4 Å². The van der Waals surface area contributed by atoms with E-state index in [4.69, 9.17) is 5.73 Å². The summed E-state index contributed by atoms with van der Waals surface area (Å²) >= 11 is 3.56. The summed E-state index contributed by atoms with van der Waals surface area (Å²) in [5, 5.41) is 3.36. The van der Waals surface area contributed by atoms with E-state index in [9.17, 15) is 4.79 Å². The predicted octanol–water partition coefficient (Wildman–Crippen LogP) is 4.46. The third-order valence-electron chi connectivity index (χ3n) is 5.63. The highest BCUT2D eigenvalue weighted by Crippen LogP contribution is 2.40. The number of nitrogens with two attached hydrogens (primary N) is 1. The molecule has 2 aliphatic carbocycles. The zero-order valence-corrected chi connectivity index (χ0v) is 16.5. The van der Waals surface area contributed by atoms with Gasteiger partial charge in [0.05, 0.1) is 5.41 Å². The Morgan fingerprint density at radius 3 is 2.42 bits per heavy atom. The molecule has 0 aromatic heterocycles. The van der Waals surface area contributed by atoms with E-state index in [0.29, 0.717) is 12.1 Å². The lowest BCUT2D eigenvalue weighted by atomic mass is 9.68. The van der Waals surface area contributed by atoms with Crippen molar-refractivity contribution in [3.63, 3.8) is 0 Å². The van der Waals surface area contributed by atoms with Gasteiger partial charge in [-0.05, 0) is 56.2 Å². The highest BCUT2D eigenvalue weighted by Gasteiger charge is 2.42. The number of rotatable bonds is 3. The molecule has 3 rings (SSSR count). The van der Waals surface area contributed by atoms with Crippen molar-refractivity contribution in [1.82, 2.24) is 5.32 Å². The average molecular weight is 416 g/mol. The number of carbonyl (C=O) groups is 1. The Balaban J connectivity index is 0.00000208. The number of benzene rings is 1. The van der Waals surface area contributed by atoms with E-state index in [0.717, 1.165) is 61.4 Å². The zero-order valence-electron chi connectivity index (χ0n) is 14.1. The zero-order chi connectivity index (χ0) is 16.3. The molecule has 2 fully saturated rings. The molecule has 0 unspecified atom stereocenters. The molecule has 0 heterocycles. The topological polar surface area (TPSA) is 55.1 Å². The van der Waals surface area contributed by atoms with Gasteiger partial charge in [0.1, 0.15) is 0 Å². The minimum atomic E-state index is -0.346. The van der Waals surface area contributed by atoms with Crippen LogP contribution in [0.2, 0.25) is 0 Å². The lowest BCUT2D eigenvalue weighted by Gasteiger charge is -2.38. The van der Waals surface area contributed by atoms with Gasteiger partial charge < -0.3 is 11.1 Å². The maximum absolute atomic E-state index is 13.2. The fourth-order valence-electron chi connectivity index (χ4n) is 4.18. The van der Waals surface area contributed by atoms with Gasteiger partial charge >= 0.3 is 0 Å². The maximum atomic E-state index is 13.2. The fraction of sp³-hybridized carbons (Fsp3) is 0.632. The molecule has 5 heteroatoms. The van der Waals surface area contributed by atoms with Crippen LogP contribution in [0, 0.1) is 0 Å². The summed E-state index contributed by atoms with van der Waals surface area (Å²) in [5.41, 5.74) is 6.80. The Bertz CT molecular complexity index is 552. The van der Waals surface area contributed by atoms with Crippen LogP contribution in [0.5, 0.6) is 0 Å². The summed E-state index contributed by atoms with van der Waals surface area (Å²) in [4.78, 5) is 13.2. The summed E-state index contributed by atoms with van der Waals surface area (Å²) in [6.45, 7) is 0. The predicted molar refractivity (Wildman–Crippen MR) is 105 cm³/mol. The van der Waals surface area contributed by atoms with Crippen molar-refractivity contribution in [2.75, 3.05) is 0 Å². The Kier molecular flexibility index (Phi) is 7.14. The van der Waals surface area contributed by atoms with Gasteiger partial charge in [-0.25, -0.2) is 0 Å². The minimum Gasteiger partial charge on any atom is -0.353 e. The number of nitrogens with one attached hydrogen (secondary N) is 1. The normalized spacial score (nSPS) is 26.2. The summed E-state index contributed by atoms with van der Waals surface area (Å²) in [6, 6.07) is 8.93. The van der Waals surface area contributed by atoms with Crippen LogP contribution in [-0.2, 0) is 10.2 Å². The largest absolute Gasteiger partial charge is 0.353 e. The number of hydrogen-bond acceptors (Lipinski definition) is 2. The summed E-state index contributed by atoms with van der Waals surface area (Å²) in [5.74, 6) is 0.232. The van der Waals surface area contributed by atoms with Crippen molar-refractivity contribution in [3.05, 3.63) is 34.3 Å². The third kappa shape index (κ3) is 4.33. The first-order valence-electron chi connectivity index (χ1n) is 8.93. The quantitative estimate of drug-likeness (QED) is 0.766. The first-order chi connectivity index (χ1) is 11.1. The molecule has 0 radical (unpaired) electrons. The molecule has 0 spiro atoms. The summed E-state index contributed by atoms with van der Waals surface area (Å²) < 4.78 is 1.05. The molecule has 3 N–H and O–H groups in total. The van der Waals surface area contributed by atoms with Gasteiger partial charge in [0, 0.05) is 16.6 Å². The first-order valence-corrected chi connectivity index (χ1v) is 9.72. The second kappa shape index (κ2) is 8.68. The van der Waals surface area contributed by atoms with Gasteiger partial charge in [-0.1, -0.05) is 47.3 Å². The van der Waals surface area contributed by atoms with E-state index < -0.39 is 0 Å². The smallest absolute Gasteiger partial charge is 0.230 e. The van der Waals surface area contributed by atoms with Crippen molar-refractivity contribution in [2.24, 2.45) is 5.73 Å². The third-order valence-corrected chi connectivity index (χ3v) is 6.12. The SMILES string of the molecule is Cl.NC1CCC(NC(=O)C2(c3cccc(Br)c3)CCCCC2)CC1. The van der Waals surface area contributed by atoms with Gasteiger partial charge in [0.2, 0.25) is 5.91 Å². The van der Waals surface area contributed by atoms with E-state index in [1.807, 2.05) is 12.1 Å². The van der Waals surface area contributed by atoms with Crippen molar-refractivity contribution in [2.45, 2.75) is 75.3 Å². The molecular formula is C19H28BrClN2O. The second-order valence-corrected chi connectivity index (χ2v) is 8.15. The van der Waals surface area contributed by atoms with E-state index >= 15 is 0 Å². The molecule has 2 saturated carbocycles. The van der Waals surface area contributed by atoms with E-state index in [1.165, 1.54) is 6.42 Å². The Labute approximate surface area is 159 Å². The molecule has 0 atom stereocenters. The van der Waals surface area contributed by atoms with Gasteiger partial charge in [-0.3, -0.25) is 4.79 Å². The van der Waals surface area contributed by atoms with E-state index in [2.05, 4.69) is 33.4 Å². The summed E-state index contributed by atoms with van der Waals surface area (Å²) in [6.07, 6.45) is 9.50. The van der Waals surface area contributed by atoms with E-state index in [1.54, 1.807) is 0 Å². The monoisotopic (exact) mass is 414 g/mol. The Hall–Kier alpha value is -0.580. The number of halogens is 2. The average Bonchev–Trinajstić information content (AvgIpc) is 2.57. The fourth-order valence-corrected chi connectivity index (χ4v) is 4.57. The van der Waals surface area contributed by atoms with Gasteiger partial charge in [0.25, 0.3) is 0 Å². The van der Waals surface area contributed by atoms with Crippen molar-refractivity contribution in [3.8, 4) is 0 Å². The number of amides is 1. The van der Waals surface area contributed by atoms with Gasteiger partial charge in [-0.2, -0.15) is 0 Å². The van der Waals surface area contributed by atoms with Crippen molar-refractivity contribution < 1.29 is 4.79 Å². The molecule has 1 amide bonds. The molecule has 3 nitrogen and oxygen atoms in total. The first kappa shape index (κ1) is 19.7. The van der Waals surface area contributed by atoms with Crippen LogP contribution >= 0.6 is 28.3 Å². The van der Waals surface area contributed by atoms with Crippen molar-refractivity contribution in [1.29, 1.82) is 0 Å². The van der Waals surface area contributed by atoms with Gasteiger partial charge in [0.15, 0.2) is 0 Å². The lowest BCUT2D eigenvalue weighted by Crippen LogP contribution is -2.50. The van der Waals surface area contributed by atoms with E-state index in [-0.39, 0.29) is 23.7 Å². The molecule has 1 aromatic carbocycles. The highest BCUT2D eigenvalue weighted by molar-refractivity contribution is 9.10. The summed E-state index contributed by atoms with van der Waals surface area (Å²) in [7, 11) is 0. The minimum absolute atomic E-state index is 0. The maximum Gasteiger partial charge on any atom is 0.230 e. The number of carbonyl (C=O) groups excluding carboxylic acids is 1. The van der Waals surface area contributed by atoms with Crippen LogP contribution in [-0.4, -0.2) is 18.0 Å². The molecular weight excluding hydrogens is 388 g/mol. The van der Waals surface area contributed by atoms with Crippen LogP contribution in [0.15, 0.2) is 28.7 Å². The Morgan fingerprint density at radius 1 is 1.12 bits per heavy atom. The molecule has 2 aliphatic rings.